The number of azide groups is 1. The maximum Gasteiger partial charge on any atom is 0.249 e. The highest BCUT2D eigenvalue weighted by molar-refractivity contribution is 14.1. The summed E-state index contributed by atoms with van der Waals surface area (Å²) in [5.74, 6) is -1.04. The third kappa shape index (κ3) is 3.04. The van der Waals surface area contributed by atoms with E-state index in [0.717, 1.165) is 3.57 Å². The summed E-state index contributed by atoms with van der Waals surface area (Å²) in [7, 11) is 0. The Hall–Kier alpha value is -2.18. The number of carbonyl (C=O) groups is 2. The first kappa shape index (κ1) is 14.2. The topological polar surface area (TPSA) is 82.9 Å². The van der Waals surface area contributed by atoms with Gasteiger partial charge in [-0.25, -0.2) is 0 Å². The monoisotopic (exact) mass is 377 g/mol. The minimum absolute atomic E-state index is 0.105. The van der Waals surface area contributed by atoms with Crippen molar-refractivity contribution in [1.29, 1.82) is 0 Å². The van der Waals surface area contributed by atoms with Crippen molar-refractivity contribution >= 4 is 34.3 Å². The third-order valence-corrected chi connectivity index (χ3v) is 3.36. The molecule has 98 valence electrons. The molecule has 0 aliphatic heterocycles. The molecular weight excluding hydrogens is 369 g/mol. The summed E-state index contributed by atoms with van der Waals surface area (Å²) in [6.45, 7) is 0. The van der Waals surface area contributed by atoms with Crippen LogP contribution in [0.25, 0.3) is 10.4 Å². The van der Waals surface area contributed by atoms with E-state index in [-0.39, 0.29) is 16.9 Å². The average molecular weight is 377 g/mol. The molecule has 5 nitrogen and oxygen atoms in total. The first-order valence-corrected chi connectivity index (χ1v) is 6.70. The summed E-state index contributed by atoms with van der Waals surface area (Å²) in [6, 6.07) is 13.3. The molecule has 0 aliphatic carbocycles. The Kier molecular flexibility index (Phi) is 4.49. The van der Waals surface area contributed by atoms with E-state index in [4.69, 9.17) is 5.53 Å². The van der Waals surface area contributed by atoms with Crippen molar-refractivity contribution in [3.05, 3.63) is 79.2 Å². The highest BCUT2D eigenvalue weighted by atomic mass is 127. The third-order valence-electron chi connectivity index (χ3n) is 2.64. The first-order valence-electron chi connectivity index (χ1n) is 5.62. The summed E-state index contributed by atoms with van der Waals surface area (Å²) in [5.41, 5.74) is 9.14. The molecule has 0 aromatic heterocycles. The molecule has 2 aromatic rings. The van der Waals surface area contributed by atoms with Gasteiger partial charge in [0.25, 0.3) is 0 Å². The molecular formula is C14H8IN3O2. The number of carbonyl (C=O) groups excluding carboxylic acids is 2. The van der Waals surface area contributed by atoms with Gasteiger partial charge >= 0.3 is 0 Å². The fourth-order valence-corrected chi connectivity index (χ4v) is 2.08. The standard InChI is InChI=1S/C14H8IN3O2/c15-10-7-5-9(6-8-10)13(19)11-3-1-2-4-12(11)14(20)17-18-16/h1-8H. The minimum Gasteiger partial charge on any atom is -0.289 e. The van der Waals surface area contributed by atoms with Crippen molar-refractivity contribution in [3.8, 4) is 0 Å². The van der Waals surface area contributed by atoms with Crippen molar-refractivity contribution < 1.29 is 9.59 Å². The summed E-state index contributed by atoms with van der Waals surface area (Å²) in [5, 5.41) is 3.03. The zero-order chi connectivity index (χ0) is 14.5. The zero-order valence-electron chi connectivity index (χ0n) is 10.2. The van der Waals surface area contributed by atoms with Gasteiger partial charge in [-0.3, -0.25) is 9.59 Å². The van der Waals surface area contributed by atoms with E-state index < -0.39 is 5.91 Å². The van der Waals surface area contributed by atoms with Crippen LogP contribution < -0.4 is 0 Å². The largest absolute Gasteiger partial charge is 0.289 e. The molecule has 20 heavy (non-hydrogen) atoms. The van der Waals surface area contributed by atoms with Crippen LogP contribution in [0.15, 0.2) is 53.6 Å². The molecule has 0 spiro atoms. The average Bonchev–Trinajstić information content (AvgIpc) is 2.47. The van der Waals surface area contributed by atoms with E-state index in [2.05, 4.69) is 32.6 Å². The molecule has 0 unspecified atom stereocenters. The highest BCUT2D eigenvalue weighted by Gasteiger charge is 2.16. The lowest BCUT2D eigenvalue weighted by Crippen LogP contribution is -2.08. The number of hydrogen-bond donors (Lipinski definition) is 0. The number of hydrogen-bond acceptors (Lipinski definition) is 2. The molecule has 0 radical (unpaired) electrons. The second-order valence-corrected chi connectivity index (χ2v) is 5.12. The Morgan fingerprint density at radius 1 is 1.00 bits per heavy atom. The molecule has 0 saturated carbocycles. The lowest BCUT2D eigenvalue weighted by Gasteiger charge is -2.05. The number of nitrogens with zero attached hydrogens (tertiary/aromatic N) is 3. The molecule has 0 heterocycles. The van der Waals surface area contributed by atoms with Crippen molar-refractivity contribution in [2.45, 2.75) is 0 Å². The van der Waals surface area contributed by atoms with Gasteiger partial charge in [-0.2, -0.15) is 0 Å². The second kappa shape index (κ2) is 6.31. The van der Waals surface area contributed by atoms with Crippen molar-refractivity contribution in [2.75, 3.05) is 0 Å². The maximum atomic E-state index is 12.4. The molecule has 0 N–H and O–H groups in total. The summed E-state index contributed by atoms with van der Waals surface area (Å²) < 4.78 is 1.01. The van der Waals surface area contributed by atoms with Crippen LogP contribution in [0.4, 0.5) is 0 Å². The van der Waals surface area contributed by atoms with Gasteiger partial charge in [0.2, 0.25) is 5.91 Å². The van der Waals surface area contributed by atoms with Crippen molar-refractivity contribution in [2.24, 2.45) is 5.11 Å². The lowest BCUT2D eigenvalue weighted by atomic mass is 9.98. The number of benzene rings is 2. The van der Waals surface area contributed by atoms with Crippen molar-refractivity contribution in [1.82, 2.24) is 0 Å². The van der Waals surface area contributed by atoms with Crippen LogP contribution in [-0.2, 0) is 0 Å². The van der Waals surface area contributed by atoms with Crippen LogP contribution in [0, 0.1) is 3.57 Å². The van der Waals surface area contributed by atoms with E-state index >= 15 is 0 Å². The van der Waals surface area contributed by atoms with Crippen LogP contribution >= 0.6 is 22.6 Å². The van der Waals surface area contributed by atoms with Crippen LogP contribution in [0.2, 0.25) is 0 Å². The Morgan fingerprint density at radius 2 is 1.60 bits per heavy atom. The lowest BCUT2D eigenvalue weighted by molar-refractivity contribution is 0.0981. The number of ketones is 1. The van der Waals surface area contributed by atoms with E-state index in [0.29, 0.717) is 5.56 Å². The Morgan fingerprint density at radius 3 is 2.20 bits per heavy atom. The summed E-state index contributed by atoms with van der Waals surface area (Å²) in [6.07, 6.45) is 0. The van der Waals surface area contributed by atoms with Gasteiger partial charge in [0, 0.05) is 25.2 Å². The van der Waals surface area contributed by atoms with E-state index in [1.54, 1.807) is 30.3 Å². The SMILES string of the molecule is [N-]=[N+]=NC(=O)c1ccccc1C(=O)c1ccc(I)cc1. The fourth-order valence-electron chi connectivity index (χ4n) is 1.72. The quantitative estimate of drug-likeness (QED) is 0.267. The molecule has 2 aromatic carbocycles. The minimum atomic E-state index is -0.762. The second-order valence-electron chi connectivity index (χ2n) is 3.88. The van der Waals surface area contributed by atoms with Gasteiger partial charge in [-0.15, -0.1) is 0 Å². The fraction of sp³-hybridized carbons (Fsp3) is 0. The van der Waals surface area contributed by atoms with Crippen LogP contribution in [-0.4, -0.2) is 11.7 Å². The normalized spacial score (nSPS) is 9.65. The van der Waals surface area contributed by atoms with Gasteiger partial charge in [0.05, 0.1) is 0 Å². The van der Waals surface area contributed by atoms with Crippen LogP contribution in [0.1, 0.15) is 26.3 Å². The van der Waals surface area contributed by atoms with Crippen molar-refractivity contribution in [3.63, 3.8) is 0 Å². The predicted molar refractivity (Wildman–Crippen MR) is 82.5 cm³/mol. The molecule has 0 fully saturated rings. The van der Waals surface area contributed by atoms with Gasteiger partial charge in [-0.05, 0) is 57.5 Å². The molecule has 6 heteroatoms. The summed E-state index contributed by atoms with van der Waals surface area (Å²) >= 11 is 2.14. The molecule has 0 atom stereocenters. The molecule has 0 bridgehead atoms. The van der Waals surface area contributed by atoms with E-state index in [9.17, 15) is 9.59 Å². The van der Waals surface area contributed by atoms with Gasteiger partial charge < -0.3 is 0 Å². The molecule has 1 amide bonds. The maximum absolute atomic E-state index is 12.4. The van der Waals surface area contributed by atoms with Gasteiger partial charge in [0.15, 0.2) is 5.78 Å². The molecule has 2 rings (SSSR count). The highest BCUT2D eigenvalue weighted by Crippen LogP contribution is 2.17. The van der Waals surface area contributed by atoms with Gasteiger partial charge in [-0.1, -0.05) is 24.3 Å². The Balaban J connectivity index is 2.47. The smallest absolute Gasteiger partial charge is 0.249 e. The van der Waals surface area contributed by atoms with Gasteiger partial charge in [0.1, 0.15) is 0 Å². The van der Waals surface area contributed by atoms with E-state index in [1.165, 1.54) is 6.07 Å². The molecule has 0 saturated heterocycles. The van der Waals surface area contributed by atoms with Crippen LogP contribution in [0.5, 0.6) is 0 Å². The van der Waals surface area contributed by atoms with Crippen LogP contribution in [0.3, 0.4) is 0 Å². The zero-order valence-corrected chi connectivity index (χ0v) is 12.3. The molecule has 0 aliphatic rings. The van der Waals surface area contributed by atoms with E-state index in [1.807, 2.05) is 12.1 Å². The Labute approximate surface area is 128 Å². The number of halogens is 1. The number of amides is 1. The summed E-state index contributed by atoms with van der Waals surface area (Å²) in [4.78, 5) is 26.5. The Bertz CT molecular complexity index is 719. The number of rotatable bonds is 3. The predicted octanol–water partition coefficient (Wildman–Crippen LogP) is 3.97. The first-order chi connectivity index (χ1) is 9.63.